The summed E-state index contributed by atoms with van der Waals surface area (Å²) in [5.74, 6) is 4.86. The van der Waals surface area contributed by atoms with Gasteiger partial charge in [0, 0.05) is 15.3 Å². The van der Waals surface area contributed by atoms with E-state index in [-0.39, 0.29) is 5.04 Å². The third-order valence-electron chi connectivity index (χ3n) is 10.2. The summed E-state index contributed by atoms with van der Waals surface area (Å²) in [6.45, 7) is 0. The van der Waals surface area contributed by atoms with Crippen LogP contribution in [-0.2, 0) is 5.04 Å². The number of benzene rings is 6. The molecule has 0 aromatic heterocycles. The van der Waals surface area contributed by atoms with Gasteiger partial charge in [-0.2, -0.15) is 0 Å². The Hall–Kier alpha value is -5.01. The fourth-order valence-corrected chi connectivity index (χ4v) is 13.2. The zero-order chi connectivity index (χ0) is 37.4. The van der Waals surface area contributed by atoms with Gasteiger partial charge in [-0.3, -0.25) is 0 Å². The Morgan fingerprint density at radius 1 is 0.358 bits per heavy atom. The number of rotatable bonds is 15. The second-order valence-electron chi connectivity index (χ2n) is 13.2. The monoisotopic (exact) mass is 772 g/mol. The molecule has 0 radical (unpaired) electrons. The lowest BCUT2D eigenvalue weighted by Gasteiger charge is -2.32. The maximum atomic E-state index is 5.77. The van der Waals surface area contributed by atoms with Crippen molar-refractivity contribution in [1.82, 2.24) is 0 Å². The largest absolute Gasteiger partial charge is 0.493 e. The van der Waals surface area contributed by atoms with Gasteiger partial charge >= 0.3 is 0 Å². The summed E-state index contributed by atoms with van der Waals surface area (Å²) < 4.78 is 34.1. The Labute approximate surface area is 323 Å². The Morgan fingerprint density at radius 2 is 0.623 bits per heavy atom. The Kier molecular flexibility index (Phi) is 12.3. The lowest BCUT2D eigenvalue weighted by Crippen LogP contribution is -2.34. The highest BCUT2D eigenvalue weighted by Crippen LogP contribution is 2.36. The predicted octanol–water partition coefficient (Wildman–Crippen LogP) is 0.754. The van der Waals surface area contributed by atoms with Crippen molar-refractivity contribution >= 4 is 69.9 Å². The predicted molar refractivity (Wildman–Crippen MR) is 231 cm³/mol. The molecule has 272 valence electrons. The molecule has 0 fully saturated rings. The summed E-state index contributed by atoms with van der Waals surface area (Å²) in [6.07, 6.45) is 0. The molecule has 0 amide bonds. The quantitative estimate of drug-likeness (QED) is 0.114. The highest BCUT2D eigenvalue weighted by Gasteiger charge is 2.31. The molecule has 0 aliphatic carbocycles. The van der Waals surface area contributed by atoms with E-state index < -0.39 is 28.6 Å². The van der Waals surface area contributed by atoms with Gasteiger partial charge in [-0.05, 0) is 50.4 Å². The summed E-state index contributed by atoms with van der Waals surface area (Å²) >= 11 is 0. The van der Waals surface area contributed by atoms with E-state index in [0.29, 0.717) is 0 Å². The number of ether oxygens (including phenoxy) is 6. The van der Waals surface area contributed by atoms with Crippen LogP contribution >= 0.6 is 0 Å². The summed E-state index contributed by atoms with van der Waals surface area (Å²) in [6, 6.07) is 46.5. The zero-order valence-electron chi connectivity index (χ0n) is 31.7. The fraction of sp³-hybridized carbons (Fsp3) is 0.163. The summed E-state index contributed by atoms with van der Waals surface area (Å²) in [5.41, 5.74) is 3.91. The number of para-hydroxylation sites is 3. The van der Waals surface area contributed by atoms with Crippen molar-refractivity contribution < 1.29 is 28.4 Å². The molecule has 0 saturated heterocycles. The first-order valence-corrected chi connectivity index (χ1v) is 23.0. The molecule has 6 nitrogen and oxygen atoms in total. The van der Waals surface area contributed by atoms with Crippen molar-refractivity contribution in [2.24, 2.45) is 0 Å². The summed E-state index contributed by atoms with van der Waals surface area (Å²) in [5, 5.41) is 7.50. The molecular weight excluding hydrogens is 725 g/mol. The van der Waals surface area contributed by atoms with Crippen LogP contribution in [0.1, 0.15) is 16.7 Å². The summed E-state index contributed by atoms with van der Waals surface area (Å²) in [7, 11) is 8.70. The minimum atomic E-state index is -0.802. The van der Waals surface area contributed by atoms with Crippen molar-refractivity contribution in [2.75, 3.05) is 42.7 Å². The average Bonchev–Trinajstić information content (AvgIpc) is 3.21. The maximum Gasteiger partial charge on any atom is 0.160 e. The lowest BCUT2D eigenvalue weighted by atomic mass is 9.84. The van der Waals surface area contributed by atoms with Gasteiger partial charge in [0.2, 0.25) is 0 Å². The smallest absolute Gasteiger partial charge is 0.160 e. The topological polar surface area (TPSA) is 55.4 Å². The van der Waals surface area contributed by atoms with E-state index in [4.69, 9.17) is 28.4 Å². The first-order chi connectivity index (χ1) is 25.9. The normalized spacial score (nSPS) is 12.8. The van der Waals surface area contributed by atoms with Crippen molar-refractivity contribution in [3.63, 3.8) is 0 Å². The van der Waals surface area contributed by atoms with Crippen LogP contribution in [-0.4, -0.2) is 81.5 Å². The highest BCUT2D eigenvalue weighted by atomic mass is 28.2. The second kappa shape index (κ2) is 17.2. The SMILES string of the molecule is COc1cccc([SiH2]c2ccc(C([SiH3])(c3ccc([SiH2]c4cccc(OC)c4OC)cc3)c3ccc([SiH2]c4cccc(OC)c4OC)cc3)cc2)c1OC. The molecule has 0 aliphatic heterocycles. The Bertz CT molecular complexity index is 1900. The molecule has 0 atom stereocenters. The maximum absolute atomic E-state index is 5.77. The molecule has 6 aromatic carbocycles. The third-order valence-corrected chi connectivity index (χ3v) is 17.4. The Morgan fingerprint density at radius 3 is 0.849 bits per heavy atom. The molecule has 0 heterocycles. The number of hydrogen-bond acceptors (Lipinski definition) is 6. The van der Waals surface area contributed by atoms with Gasteiger partial charge in [0.25, 0.3) is 0 Å². The molecule has 6 aromatic rings. The van der Waals surface area contributed by atoms with Crippen LogP contribution in [0.25, 0.3) is 0 Å². The minimum absolute atomic E-state index is 0.255. The molecule has 0 aliphatic rings. The van der Waals surface area contributed by atoms with Crippen LogP contribution in [0.4, 0.5) is 0 Å². The number of hydrogen-bond donors (Lipinski definition) is 0. The molecule has 0 unspecified atom stereocenters. The van der Waals surface area contributed by atoms with Gasteiger partial charge < -0.3 is 28.4 Å². The third kappa shape index (κ3) is 8.01. The van der Waals surface area contributed by atoms with Gasteiger partial charge in [0.15, 0.2) is 34.5 Å². The molecule has 0 N–H and O–H groups in total. The Balaban J connectivity index is 1.35. The molecule has 10 heteroatoms. The van der Waals surface area contributed by atoms with Crippen LogP contribution in [0.5, 0.6) is 34.5 Å². The van der Waals surface area contributed by atoms with E-state index in [1.165, 1.54) is 47.8 Å². The lowest BCUT2D eigenvalue weighted by molar-refractivity contribution is 0.357. The van der Waals surface area contributed by atoms with E-state index >= 15 is 0 Å². The fourth-order valence-electron chi connectivity index (χ4n) is 7.31. The van der Waals surface area contributed by atoms with Gasteiger partial charge in [-0.1, -0.05) is 125 Å². The standard InChI is InChI=1S/C43H48O6Si4/c1-44-34-10-7-13-37(40(34)47-4)51-31-22-16-28(17-23-31)43(50,29-18-24-32(25-19-29)52-38-14-8-11-35(45-2)41(38)48-5)30-20-26-33(27-21-30)53-39-15-9-12-36(46-3)42(39)49-6/h7-27H,51-53H2,1-6,50H3. The van der Waals surface area contributed by atoms with Crippen molar-refractivity contribution in [3.05, 3.63) is 144 Å². The molecular formula is C43H48O6Si4. The van der Waals surface area contributed by atoms with E-state index in [1.54, 1.807) is 42.7 Å². The van der Waals surface area contributed by atoms with Crippen LogP contribution in [0.3, 0.4) is 0 Å². The van der Waals surface area contributed by atoms with Gasteiger partial charge in [-0.25, -0.2) is 0 Å². The van der Waals surface area contributed by atoms with Crippen LogP contribution in [0.15, 0.2) is 127 Å². The first kappa shape index (κ1) is 37.7. The molecule has 0 saturated carbocycles. The first-order valence-electron chi connectivity index (χ1n) is 17.7. The molecule has 0 bridgehead atoms. The van der Waals surface area contributed by atoms with Crippen molar-refractivity contribution in [2.45, 2.75) is 5.04 Å². The van der Waals surface area contributed by atoms with Crippen LogP contribution in [0.2, 0.25) is 0 Å². The molecule has 0 spiro atoms. The van der Waals surface area contributed by atoms with Gasteiger partial charge in [-0.15, -0.1) is 0 Å². The minimum Gasteiger partial charge on any atom is -0.493 e. The van der Waals surface area contributed by atoms with Crippen molar-refractivity contribution in [3.8, 4) is 34.5 Å². The zero-order valence-corrected chi connectivity index (χ0v) is 37.9. The van der Waals surface area contributed by atoms with E-state index in [2.05, 4.69) is 109 Å². The van der Waals surface area contributed by atoms with Crippen molar-refractivity contribution in [1.29, 1.82) is 0 Å². The highest BCUT2D eigenvalue weighted by molar-refractivity contribution is 6.69. The average molecular weight is 773 g/mol. The second-order valence-corrected chi connectivity index (χ2v) is 20.5. The van der Waals surface area contributed by atoms with E-state index in [0.717, 1.165) is 44.7 Å². The number of methoxy groups -OCH3 is 6. The van der Waals surface area contributed by atoms with Gasteiger partial charge in [0.05, 0.1) is 71.2 Å². The van der Waals surface area contributed by atoms with Crippen LogP contribution < -0.4 is 59.5 Å². The van der Waals surface area contributed by atoms with Gasteiger partial charge in [0.1, 0.15) is 0 Å². The molecule has 6 rings (SSSR count). The summed E-state index contributed by atoms with van der Waals surface area (Å²) in [4.78, 5) is 0. The van der Waals surface area contributed by atoms with Crippen LogP contribution in [0, 0.1) is 0 Å². The van der Waals surface area contributed by atoms with E-state index in [1.807, 2.05) is 18.2 Å². The molecule has 53 heavy (non-hydrogen) atoms. The van der Waals surface area contributed by atoms with E-state index in [9.17, 15) is 0 Å².